The zero-order valence-corrected chi connectivity index (χ0v) is 15.3. The van der Waals surface area contributed by atoms with Crippen LogP contribution in [-0.2, 0) is 11.3 Å². The van der Waals surface area contributed by atoms with Crippen LogP contribution < -0.4 is 4.74 Å². The van der Waals surface area contributed by atoms with E-state index in [0.717, 1.165) is 38.1 Å². The first-order valence-electron chi connectivity index (χ1n) is 9.43. The molecule has 4 heteroatoms. The van der Waals surface area contributed by atoms with Gasteiger partial charge in [0.15, 0.2) is 0 Å². The van der Waals surface area contributed by atoms with E-state index in [1.807, 2.05) is 18.2 Å². The first kappa shape index (κ1) is 17.1. The van der Waals surface area contributed by atoms with Gasteiger partial charge in [0, 0.05) is 19.5 Å². The fraction of sp³-hybridized carbons (Fsp3) is 0.409. The predicted octanol–water partition coefficient (Wildman–Crippen LogP) is 4.22. The molecule has 2 aromatic rings. The SMILES string of the molecule is COc1ccc([C@@H]2C[C@@H](OCc3ccccc3)CN2C2=NCCC2)cc1. The second-order valence-corrected chi connectivity index (χ2v) is 7.00. The summed E-state index contributed by atoms with van der Waals surface area (Å²) in [4.78, 5) is 7.21. The van der Waals surface area contributed by atoms with Gasteiger partial charge in [-0.05, 0) is 36.1 Å². The fourth-order valence-corrected chi connectivity index (χ4v) is 3.89. The average molecular weight is 350 g/mol. The minimum Gasteiger partial charge on any atom is -0.497 e. The quantitative estimate of drug-likeness (QED) is 0.810. The van der Waals surface area contributed by atoms with Gasteiger partial charge in [0.1, 0.15) is 5.75 Å². The average Bonchev–Trinajstić information content (AvgIpc) is 3.37. The first-order chi connectivity index (χ1) is 12.8. The normalized spacial score (nSPS) is 22.5. The number of aliphatic imine (C=N–C) groups is 1. The molecule has 2 aromatic carbocycles. The Morgan fingerprint density at radius 2 is 1.88 bits per heavy atom. The second kappa shape index (κ2) is 7.92. The van der Waals surface area contributed by atoms with Crippen LogP contribution in [0.1, 0.15) is 36.4 Å². The molecule has 2 aliphatic heterocycles. The molecule has 2 heterocycles. The molecule has 0 spiro atoms. The van der Waals surface area contributed by atoms with Gasteiger partial charge in [-0.1, -0.05) is 42.5 Å². The molecule has 0 amide bonds. The number of methoxy groups -OCH3 is 1. The Hall–Kier alpha value is -2.33. The van der Waals surface area contributed by atoms with Gasteiger partial charge < -0.3 is 14.4 Å². The Bertz CT molecular complexity index is 742. The number of hydrogen-bond acceptors (Lipinski definition) is 4. The minimum atomic E-state index is 0.227. The summed E-state index contributed by atoms with van der Waals surface area (Å²) in [5.74, 6) is 2.14. The van der Waals surface area contributed by atoms with Crippen molar-refractivity contribution >= 4 is 5.84 Å². The molecule has 4 nitrogen and oxygen atoms in total. The summed E-state index contributed by atoms with van der Waals surface area (Å²) in [6.07, 6.45) is 3.47. The highest BCUT2D eigenvalue weighted by molar-refractivity contribution is 5.84. The maximum Gasteiger partial charge on any atom is 0.118 e. The van der Waals surface area contributed by atoms with Gasteiger partial charge in [0.25, 0.3) is 0 Å². The van der Waals surface area contributed by atoms with Crippen molar-refractivity contribution in [1.82, 2.24) is 4.90 Å². The standard InChI is InChI=1S/C22H26N2O2/c1-25-19-11-9-18(10-12-19)21-14-20(15-24(21)22-8-5-13-23-22)26-16-17-6-3-2-4-7-17/h2-4,6-7,9-12,20-21H,5,8,13-16H2,1H3/t20-,21+/m1/s1. The molecule has 1 fully saturated rings. The van der Waals surface area contributed by atoms with E-state index in [-0.39, 0.29) is 6.10 Å². The smallest absolute Gasteiger partial charge is 0.118 e. The third kappa shape index (κ3) is 3.75. The Kier molecular flexibility index (Phi) is 5.21. The van der Waals surface area contributed by atoms with Gasteiger partial charge in [-0.25, -0.2) is 0 Å². The fourth-order valence-electron chi connectivity index (χ4n) is 3.89. The van der Waals surface area contributed by atoms with Gasteiger partial charge in [0.2, 0.25) is 0 Å². The van der Waals surface area contributed by atoms with Crippen molar-refractivity contribution < 1.29 is 9.47 Å². The molecule has 2 atom stereocenters. The highest BCUT2D eigenvalue weighted by Gasteiger charge is 2.36. The minimum absolute atomic E-state index is 0.227. The van der Waals surface area contributed by atoms with Gasteiger partial charge >= 0.3 is 0 Å². The number of nitrogens with zero attached hydrogens (tertiary/aromatic N) is 2. The van der Waals surface area contributed by atoms with Gasteiger partial charge in [-0.15, -0.1) is 0 Å². The van der Waals surface area contributed by atoms with E-state index < -0.39 is 0 Å². The third-order valence-corrected chi connectivity index (χ3v) is 5.28. The summed E-state index contributed by atoms with van der Waals surface area (Å²) in [5.41, 5.74) is 2.54. The third-order valence-electron chi connectivity index (χ3n) is 5.28. The molecule has 0 aromatic heterocycles. The summed E-state index contributed by atoms with van der Waals surface area (Å²) in [6, 6.07) is 19.2. The van der Waals surface area contributed by atoms with Crippen molar-refractivity contribution in [2.45, 2.75) is 38.0 Å². The molecular weight excluding hydrogens is 324 g/mol. The van der Waals surface area contributed by atoms with E-state index in [1.54, 1.807) is 7.11 Å². The Labute approximate surface area is 155 Å². The maximum absolute atomic E-state index is 6.25. The largest absolute Gasteiger partial charge is 0.497 e. The second-order valence-electron chi connectivity index (χ2n) is 7.00. The molecule has 136 valence electrons. The number of hydrogen-bond donors (Lipinski definition) is 0. The van der Waals surface area contributed by atoms with Crippen molar-refractivity contribution in [3.63, 3.8) is 0 Å². The molecule has 0 bridgehead atoms. The van der Waals surface area contributed by atoms with Gasteiger partial charge in [-0.2, -0.15) is 0 Å². The van der Waals surface area contributed by atoms with E-state index in [4.69, 9.17) is 14.5 Å². The lowest BCUT2D eigenvalue weighted by Crippen LogP contribution is -2.30. The number of amidine groups is 1. The van der Waals surface area contributed by atoms with Crippen LogP contribution in [0, 0.1) is 0 Å². The molecule has 2 aliphatic rings. The number of ether oxygens (including phenoxy) is 2. The summed E-state index contributed by atoms with van der Waals surface area (Å²) in [6.45, 7) is 2.54. The predicted molar refractivity (Wildman–Crippen MR) is 104 cm³/mol. The molecule has 26 heavy (non-hydrogen) atoms. The molecule has 0 radical (unpaired) electrons. The van der Waals surface area contributed by atoms with E-state index in [0.29, 0.717) is 12.6 Å². The number of likely N-dealkylation sites (tertiary alicyclic amines) is 1. The van der Waals surface area contributed by atoms with Crippen molar-refractivity contribution in [1.29, 1.82) is 0 Å². The van der Waals surface area contributed by atoms with Crippen LogP contribution in [0.15, 0.2) is 59.6 Å². The van der Waals surface area contributed by atoms with Crippen LogP contribution in [0.25, 0.3) is 0 Å². The zero-order valence-electron chi connectivity index (χ0n) is 15.3. The molecule has 0 unspecified atom stereocenters. The van der Waals surface area contributed by atoms with E-state index >= 15 is 0 Å². The van der Waals surface area contributed by atoms with Crippen molar-refractivity contribution in [3.05, 3.63) is 65.7 Å². The lowest BCUT2D eigenvalue weighted by Gasteiger charge is -2.26. The van der Waals surface area contributed by atoms with E-state index in [9.17, 15) is 0 Å². The van der Waals surface area contributed by atoms with Crippen molar-refractivity contribution in [2.24, 2.45) is 4.99 Å². The van der Waals surface area contributed by atoms with Crippen LogP contribution in [0.5, 0.6) is 5.75 Å². The van der Waals surface area contributed by atoms with Crippen LogP contribution in [0.4, 0.5) is 0 Å². The maximum atomic E-state index is 6.25. The Morgan fingerprint density at radius 1 is 1.08 bits per heavy atom. The first-order valence-corrected chi connectivity index (χ1v) is 9.43. The highest BCUT2D eigenvalue weighted by atomic mass is 16.5. The van der Waals surface area contributed by atoms with Crippen molar-refractivity contribution in [2.75, 3.05) is 20.2 Å². The number of benzene rings is 2. The number of rotatable bonds is 5. The van der Waals surface area contributed by atoms with Crippen molar-refractivity contribution in [3.8, 4) is 5.75 Å². The van der Waals surface area contributed by atoms with Gasteiger partial charge in [-0.3, -0.25) is 4.99 Å². The summed E-state index contributed by atoms with van der Waals surface area (Å²) in [7, 11) is 1.71. The lowest BCUT2D eigenvalue weighted by molar-refractivity contribution is 0.0497. The molecule has 0 aliphatic carbocycles. The summed E-state index contributed by atoms with van der Waals surface area (Å²) >= 11 is 0. The van der Waals surface area contributed by atoms with E-state index in [2.05, 4.69) is 41.3 Å². The Morgan fingerprint density at radius 3 is 2.58 bits per heavy atom. The Balaban J connectivity index is 1.48. The van der Waals surface area contributed by atoms with Gasteiger partial charge in [0.05, 0.1) is 31.7 Å². The highest BCUT2D eigenvalue weighted by Crippen LogP contribution is 2.36. The molecule has 0 N–H and O–H groups in total. The molecular formula is C22H26N2O2. The van der Waals surface area contributed by atoms with Crippen LogP contribution in [0.2, 0.25) is 0 Å². The van der Waals surface area contributed by atoms with Crippen LogP contribution in [0.3, 0.4) is 0 Å². The van der Waals surface area contributed by atoms with Crippen LogP contribution >= 0.6 is 0 Å². The zero-order chi connectivity index (χ0) is 17.8. The molecule has 1 saturated heterocycles. The summed E-state index contributed by atoms with van der Waals surface area (Å²) < 4.78 is 11.6. The molecule has 0 saturated carbocycles. The monoisotopic (exact) mass is 350 g/mol. The van der Waals surface area contributed by atoms with Crippen LogP contribution in [-0.4, -0.2) is 37.0 Å². The lowest BCUT2D eigenvalue weighted by atomic mass is 10.0. The van der Waals surface area contributed by atoms with E-state index in [1.165, 1.54) is 17.0 Å². The molecule has 4 rings (SSSR count). The summed E-state index contributed by atoms with van der Waals surface area (Å²) in [5, 5.41) is 0. The topological polar surface area (TPSA) is 34.1 Å².